The Labute approximate surface area is 92.2 Å². The molecule has 3 rings (SSSR count). The summed E-state index contributed by atoms with van der Waals surface area (Å²) < 4.78 is 0. The van der Waals surface area contributed by atoms with Crippen molar-refractivity contribution in [3.05, 3.63) is 42.4 Å². The number of hydrogen-bond acceptors (Lipinski definition) is 3. The third kappa shape index (κ3) is 1.21. The topological polar surface area (TPSA) is 38.7 Å². The molecule has 0 aliphatic rings. The summed E-state index contributed by atoms with van der Waals surface area (Å²) in [5.41, 5.74) is 3.09. The monoisotopic (exact) mass is 205 g/mol. The third-order valence-electron chi connectivity index (χ3n) is 2.44. The van der Waals surface area contributed by atoms with Crippen LogP contribution in [0.5, 0.6) is 0 Å². The molecule has 0 N–H and O–H groups in total. The summed E-state index contributed by atoms with van der Waals surface area (Å²) in [5, 5.41) is 0.976. The van der Waals surface area contributed by atoms with Crippen molar-refractivity contribution in [2.75, 3.05) is 0 Å². The summed E-state index contributed by atoms with van der Waals surface area (Å²) in [6.07, 6.45) is 8.68. The maximum absolute atomic E-state index is 5.32. The Bertz CT molecular complexity index is 726. The van der Waals surface area contributed by atoms with Gasteiger partial charge in [-0.3, -0.25) is 9.97 Å². The van der Waals surface area contributed by atoms with Crippen LogP contribution in [0, 0.1) is 12.3 Å². The largest absolute Gasteiger partial charge is 0.256 e. The molecule has 0 aliphatic carbocycles. The summed E-state index contributed by atoms with van der Waals surface area (Å²) in [6, 6.07) is 7.69. The molecule has 0 saturated heterocycles. The van der Waals surface area contributed by atoms with Gasteiger partial charge in [-0.1, -0.05) is 0 Å². The van der Waals surface area contributed by atoms with Crippen LogP contribution >= 0.6 is 0 Å². The molecule has 1 aromatic carbocycles. The van der Waals surface area contributed by atoms with Gasteiger partial charge in [0.2, 0.25) is 0 Å². The standard InChI is InChI=1S/C13H7N3/c1-2-9-8-15-12-6-5-11-10(13(12)16-9)4-3-7-14-11/h1,3-8H. The molecule has 0 radical (unpaired) electrons. The van der Waals surface area contributed by atoms with Crippen LogP contribution in [0.15, 0.2) is 36.7 Å². The highest BCUT2D eigenvalue weighted by Crippen LogP contribution is 2.20. The molecule has 0 saturated carbocycles. The van der Waals surface area contributed by atoms with Gasteiger partial charge in [0.15, 0.2) is 0 Å². The zero-order valence-corrected chi connectivity index (χ0v) is 8.38. The summed E-state index contributed by atoms with van der Waals surface area (Å²) in [6.45, 7) is 0. The Hall–Kier alpha value is -2.47. The summed E-state index contributed by atoms with van der Waals surface area (Å²) in [5.74, 6) is 2.49. The van der Waals surface area contributed by atoms with Gasteiger partial charge in [0.05, 0.1) is 22.7 Å². The van der Waals surface area contributed by atoms with Crippen LogP contribution in [0.2, 0.25) is 0 Å². The Morgan fingerprint density at radius 3 is 2.81 bits per heavy atom. The van der Waals surface area contributed by atoms with Gasteiger partial charge in [-0.25, -0.2) is 4.98 Å². The quantitative estimate of drug-likeness (QED) is 0.417. The predicted molar refractivity (Wildman–Crippen MR) is 62.8 cm³/mol. The van der Waals surface area contributed by atoms with E-state index in [0.29, 0.717) is 5.69 Å². The summed E-state index contributed by atoms with van der Waals surface area (Å²) in [7, 11) is 0. The van der Waals surface area contributed by atoms with Crippen LogP contribution in [-0.4, -0.2) is 15.0 Å². The zero-order valence-electron chi connectivity index (χ0n) is 8.38. The van der Waals surface area contributed by atoms with Gasteiger partial charge in [-0.15, -0.1) is 6.42 Å². The molecule has 16 heavy (non-hydrogen) atoms. The molecule has 0 aliphatic heterocycles. The van der Waals surface area contributed by atoms with Gasteiger partial charge in [0.25, 0.3) is 0 Å². The van der Waals surface area contributed by atoms with E-state index in [2.05, 4.69) is 20.9 Å². The number of terminal acetylenes is 1. The number of nitrogens with zero attached hydrogens (tertiary/aromatic N) is 3. The summed E-state index contributed by atoms with van der Waals surface area (Å²) in [4.78, 5) is 12.9. The van der Waals surface area contributed by atoms with Crippen LogP contribution in [0.25, 0.3) is 21.9 Å². The lowest BCUT2D eigenvalue weighted by molar-refractivity contribution is 1.26. The van der Waals surface area contributed by atoms with E-state index in [1.54, 1.807) is 12.4 Å². The maximum atomic E-state index is 5.32. The Morgan fingerprint density at radius 1 is 1.06 bits per heavy atom. The molecule has 3 aromatic rings. The highest BCUT2D eigenvalue weighted by atomic mass is 14.8. The van der Waals surface area contributed by atoms with Crippen LogP contribution in [0.1, 0.15) is 5.69 Å². The van der Waals surface area contributed by atoms with Crippen molar-refractivity contribution in [1.82, 2.24) is 15.0 Å². The van der Waals surface area contributed by atoms with Gasteiger partial charge in [-0.05, 0) is 30.2 Å². The van der Waals surface area contributed by atoms with Crippen molar-refractivity contribution in [2.24, 2.45) is 0 Å². The molecule has 2 aromatic heterocycles. The number of benzene rings is 1. The van der Waals surface area contributed by atoms with Crippen molar-refractivity contribution in [1.29, 1.82) is 0 Å². The van der Waals surface area contributed by atoms with E-state index in [1.165, 1.54) is 0 Å². The van der Waals surface area contributed by atoms with Crippen LogP contribution in [-0.2, 0) is 0 Å². The average molecular weight is 205 g/mol. The molecule has 0 atom stereocenters. The smallest absolute Gasteiger partial charge is 0.131 e. The van der Waals surface area contributed by atoms with Crippen LogP contribution in [0.3, 0.4) is 0 Å². The molecule has 0 fully saturated rings. The molecule has 2 heterocycles. The number of aromatic nitrogens is 3. The Kier molecular flexibility index (Phi) is 1.81. The van der Waals surface area contributed by atoms with Gasteiger partial charge in [0, 0.05) is 11.6 Å². The molecule has 0 spiro atoms. The third-order valence-corrected chi connectivity index (χ3v) is 2.44. The second-order valence-corrected chi connectivity index (χ2v) is 3.40. The van der Waals surface area contributed by atoms with E-state index < -0.39 is 0 Å². The lowest BCUT2D eigenvalue weighted by Crippen LogP contribution is -1.90. The van der Waals surface area contributed by atoms with Gasteiger partial charge >= 0.3 is 0 Å². The summed E-state index contributed by atoms with van der Waals surface area (Å²) >= 11 is 0. The van der Waals surface area contributed by atoms with Crippen LogP contribution < -0.4 is 0 Å². The Morgan fingerprint density at radius 2 is 1.94 bits per heavy atom. The molecule has 74 valence electrons. The fraction of sp³-hybridized carbons (Fsp3) is 0. The second kappa shape index (κ2) is 3.28. The molecule has 3 heteroatoms. The Balaban J connectivity index is 2.53. The van der Waals surface area contributed by atoms with Crippen molar-refractivity contribution < 1.29 is 0 Å². The number of rotatable bonds is 0. The highest BCUT2D eigenvalue weighted by molar-refractivity contribution is 6.02. The molecular weight excluding hydrogens is 198 g/mol. The van der Waals surface area contributed by atoms with Gasteiger partial charge < -0.3 is 0 Å². The van der Waals surface area contributed by atoms with Crippen molar-refractivity contribution in [2.45, 2.75) is 0 Å². The van der Waals surface area contributed by atoms with E-state index in [-0.39, 0.29) is 0 Å². The fourth-order valence-corrected chi connectivity index (χ4v) is 1.70. The van der Waals surface area contributed by atoms with Gasteiger partial charge in [-0.2, -0.15) is 0 Å². The highest BCUT2D eigenvalue weighted by Gasteiger charge is 2.03. The van der Waals surface area contributed by atoms with E-state index >= 15 is 0 Å². The number of fused-ring (bicyclic) bond motifs is 3. The van der Waals surface area contributed by atoms with Crippen molar-refractivity contribution in [3.63, 3.8) is 0 Å². The second-order valence-electron chi connectivity index (χ2n) is 3.40. The minimum atomic E-state index is 0.545. The first-order chi connectivity index (χ1) is 7.88. The van der Waals surface area contributed by atoms with Crippen molar-refractivity contribution >= 4 is 21.9 Å². The number of hydrogen-bond donors (Lipinski definition) is 0. The predicted octanol–water partition coefficient (Wildman–Crippen LogP) is 2.16. The lowest BCUT2D eigenvalue weighted by atomic mass is 10.2. The van der Waals surface area contributed by atoms with E-state index in [4.69, 9.17) is 6.42 Å². The van der Waals surface area contributed by atoms with Gasteiger partial charge in [0.1, 0.15) is 5.69 Å². The average Bonchev–Trinajstić information content (AvgIpc) is 2.38. The first-order valence-corrected chi connectivity index (χ1v) is 4.85. The lowest BCUT2D eigenvalue weighted by Gasteiger charge is -2.01. The fourth-order valence-electron chi connectivity index (χ4n) is 1.70. The first kappa shape index (κ1) is 8.81. The maximum Gasteiger partial charge on any atom is 0.131 e. The van der Waals surface area contributed by atoms with E-state index in [1.807, 2.05) is 24.3 Å². The number of pyridine rings is 1. The minimum absolute atomic E-state index is 0.545. The van der Waals surface area contributed by atoms with E-state index in [9.17, 15) is 0 Å². The first-order valence-electron chi connectivity index (χ1n) is 4.85. The van der Waals surface area contributed by atoms with E-state index in [0.717, 1.165) is 21.9 Å². The zero-order chi connectivity index (χ0) is 11.0. The SMILES string of the molecule is C#Cc1cnc2ccc3ncccc3c2n1. The van der Waals surface area contributed by atoms with Crippen molar-refractivity contribution in [3.8, 4) is 12.3 Å². The molecule has 3 nitrogen and oxygen atoms in total. The normalized spacial score (nSPS) is 10.4. The molecular formula is C13H7N3. The van der Waals surface area contributed by atoms with Crippen LogP contribution in [0.4, 0.5) is 0 Å². The molecule has 0 unspecified atom stereocenters. The minimum Gasteiger partial charge on any atom is -0.256 e. The molecule has 0 amide bonds. The molecule has 0 bridgehead atoms.